The maximum Gasteiger partial charge on any atom is 0.387 e. The van der Waals surface area contributed by atoms with Crippen molar-refractivity contribution in [3.63, 3.8) is 0 Å². The summed E-state index contributed by atoms with van der Waals surface area (Å²) in [7, 11) is 1.69. The van der Waals surface area contributed by atoms with Gasteiger partial charge in [0.25, 0.3) is 0 Å². The Hall–Kier alpha value is -1.16. The third-order valence-corrected chi connectivity index (χ3v) is 4.46. The van der Waals surface area contributed by atoms with Crippen molar-refractivity contribution in [1.82, 2.24) is 15.5 Å². The number of hydrogen-bond donors (Lipinski definition) is 2. The lowest BCUT2D eigenvalue weighted by Crippen LogP contribution is -2.43. The molecule has 1 saturated heterocycles. The van der Waals surface area contributed by atoms with Gasteiger partial charge < -0.3 is 20.3 Å². The smallest absolute Gasteiger partial charge is 0.387 e. The van der Waals surface area contributed by atoms with Crippen LogP contribution in [0.4, 0.5) is 8.78 Å². The number of hydrogen-bond acceptors (Lipinski definition) is 3. The topological polar surface area (TPSA) is 48.9 Å². The molecule has 148 valence electrons. The van der Waals surface area contributed by atoms with Gasteiger partial charge in [0.15, 0.2) is 5.96 Å². The summed E-state index contributed by atoms with van der Waals surface area (Å²) in [6.07, 6.45) is 2.52. The summed E-state index contributed by atoms with van der Waals surface area (Å²) in [5.74, 6) is 1.66. The second-order valence-electron chi connectivity index (χ2n) is 6.36. The van der Waals surface area contributed by atoms with Gasteiger partial charge in [0.05, 0.1) is 0 Å². The molecule has 0 saturated carbocycles. The Kier molecular flexibility index (Phi) is 10.8. The standard InChI is InChI=1S/C18H28F2N4O.HI/c1-14-7-10-24(11-8-14)12-9-22-18(21-2)23-13-15-5-3-4-6-16(15)25-17(19)20;/h3-6,14,17H,7-13H2,1-2H3,(H2,21,22,23);1H. The molecule has 0 aromatic heterocycles. The van der Waals surface area contributed by atoms with Crippen LogP contribution in [0.1, 0.15) is 25.3 Å². The van der Waals surface area contributed by atoms with Gasteiger partial charge in [-0.05, 0) is 37.9 Å². The van der Waals surface area contributed by atoms with Crippen molar-refractivity contribution < 1.29 is 13.5 Å². The van der Waals surface area contributed by atoms with Gasteiger partial charge in [-0.3, -0.25) is 4.99 Å². The predicted octanol–water partition coefficient (Wildman–Crippen LogP) is 3.30. The van der Waals surface area contributed by atoms with E-state index in [-0.39, 0.29) is 29.7 Å². The quantitative estimate of drug-likeness (QED) is 0.356. The van der Waals surface area contributed by atoms with E-state index in [1.807, 2.05) is 0 Å². The van der Waals surface area contributed by atoms with Crippen molar-refractivity contribution in [2.45, 2.75) is 32.9 Å². The summed E-state index contributed by atoms with van der Waals surface area (Å²) in [5, 5.41) is 6.41. The van der Waals surface area contributed by atoms with Gasteiger partial charge in [-0.15, -0.1) is 24.0 Å². The number of para-hydroxylation sites is 1. The highest BCUT2D eigenvalue weighted by atomic mass is 127. The SMILES string of the molecule is CN=C(NCCN1CCC(C)CC1)NCc1ccccc1OC(F)F.I. The lowest BCUT2D eigenvalue weighted by Gasteiger charge is -2.30. The van der Waals surface area contributed by atoms with E-state index in [1.165, 1.54) is 18.9 Å². The van der Waals surface area contributed by atoms with Gasteiger partial charge in [0.2, 0.25) is 0 Å². The van der Waals surface area contributed by atoms with Crippen LogP contribution in [0.15, 0.2) is 29.3 Å². The Morgan fingerprint density at radius 1 is 1.27 bits per heavy atom. The molecule has 1 heterocycles. The number of alkyl halides is 2. The summed E-state index contributed by atoms with van der Waals surface area (Å²) < 4.78 is 29.4. The molecule has 0 atom stereocenters. The fourth-order valence-electron chi connectivity index (χ4n) is 2.88. The number of aliphatic imine (C=N–C) groups is 1. The van der Waals surface area contributed by atoms with Crippen LogP contribution >= 0.6 is 24.0 Å². The lowest BCUT2D eigenvalue weighted by atomic mass is 9.99. The maximum absolute atomic E-state index is 12.4. The molecule has 1 aliphatic rings. The molecule has 2 rings (SSSR count). The molecule has 0 radical (unpaired) electrons. The number of ether oxygens (including phenoxy) is 1. The monoisotopic (exact) mass is 482 g/mol. The van der Waals surface area contributed by atoms with Crippen molar-refractivity contribution in [2.24, 2.45) is 10.9 Å². The van der Waals surface area contributed by atoms with Gasteiger partial charge in [0.1, 0.15) is 5.75 Å². The van der Waals surface area contributed by atoms with Crippen LogP contribution in [0.5, 0.6) is 5.75 Å². The second kappa shape index (κ2) is 12.3. The lowest BCUT2D eigenvalue weighted by molar-refractivity contribution is -0.0504. The molecule has 5 nitrogen and oxygen atoms in total. The minimum atomic E-state index is -2.83. The van der Waals surface area contributed by atoms with Gasteiger partial charge in [-0.2, -0.15) is 8.78 Å². The number of piperidine rings is 1. The Morgan fingerprint density at radius 2 is 1.96 bits per heavy atom. The van der Waals surface area contributed by atoms with Crippen molar-refractivity contribution in [3.8, 4) is 5.75 Å². The fraction of sp³-hybridized carbons (Fsp3) is 0.611. The molecular weight excluding hydrogens is 453 g/mol. The minimum absolute atomic E-state index is 0. The van der Waals surface area contributed by atoms with E-state index >= 15 is 0 Å². The van der Waals surface area contributed by atoms with Crippen LogP contribution in [0.2, 0.25) is 0 Å². The molecule has 0 bridgehead atoms. The number of nitrogens with one attached hydrogen (secondary N) is 2. The highest BCUT2D eigenvalue weighted by Crippen LogP contribution is 2.20. The van der Waals surface area contributed by atoms with Gasteiger partial charge >= 0.3 is 6.61 Å². The normalized spacial score (nSPS) is 16.3. The number of benzene rings is 1. The first-order chi connectivity index (χ1) is 12.1. The molecule has 0 aliphatic carbocycles. The molecule has 1 fully saturated rings. The molecule has 8 heteroatoms. The maximum atomic E-state index is 12.4. The predicted molar refractivity (Wildman–Crippen MR) is 112 cm³/mol. The first-order valence-corrected chi connectivity index (χ1v) is 8.78. The van der Waals surface area contributed by atoms with Gasteiger partial charge in [0, 0.05) is 32.2 Å². The number of likely N-dealkylation sites (tertiary alicyclic amines) is 1. The fourth-order valence-corrected chi connectivity index (χ4v) is 2.88. The van der Waals surface area contributed by atoms with Crippen molar-refractivity contribution >= 4 is 29.9 Å². The number of guanidine groups is 1. The van der Waals surface area contributed by atoms with E-state index in [0.29, 0.717) is 18.1 Å². The van der Waals surface area contributed by atoms with Gasteiger partial charge in [-0.25, -0.2) is 0 Å². The van der Waals surface area contributed by atoms with Gasteiger partial charge in [-0.1, -0.05) is 25.1 Å². The molecule has 2 N–H and O–H groups in total. The zero-order valence-electron chi connectivity index (χ0n) is 15.4. The largest absolute Gasteiger partial charge is 0.434 e. The van der Waals surface area contributed by atoms with E-state index in [1.54, 1.807) is 25.2 Å². The summed E-state index contributed by atoms with van der Waals surface area (Å²) in [6.45, 7) is 3.90. The van der Waals surface area contributed by atoms with E-state index in [9.17, 15) is 8.78 Å². The Balaban J connectivity index is 0.00000338. The zero-order chi connectivity index (χ0) is 18.1. The number of halogens is 3. The van der Waals surface area contributed by atoms with E-state index in [2.05, 4.69) is 32.2 Å². The summed E-state index contributed by atoms with van der Waals surface area (Å²) in [6, 6.07) is 6.76. The van der Waals surface area contributed by atoms with Crippen molar-refractivity contribution in [2.75, 3.05) is 33.2 Å². The Morgan fingerprint density at radius 3 is 2.62 bits per heavy atom. The van der Waals surface area contributed by atoms with Crippen molar-refractivity contribution in [1.29, 1.82) is 0 Å². The first-order valence-electron chi connectivity index (χ1n) is 8.78. The molecule has 1 aromatic carbocycles. The molecule has 1 aliphatic heterocycles. The second-order valence-corrected chi connectivity index (χ2v) is 6.36. The average Bonchev–Trinajstić information content (AvgIpc) is 2.60. The molecule has 0 amide bonds. The number of nitrogens with zero attached hydrogens (tertiary/aromatic N) is 2. The van der Waals surface area contributed by atoms with Crippen LogP contribution in [0.25, 0.3) is 0 Å². The third-order valence-electron chi connectivity index (χ3n) is 4.46. The highest BCUT2D eigenvalue weighted by molar-refractivity contribution is 14.0. The average molecular weight is 482 g/mol. The van der Waals surface area contributed by atoms with Crippen LogP contribution in [0, 0.1) is 5.92 Å². The highest BCUT2D eigenvalue weighted by Gasteiger charge is 2.15. The van der Waals surface area contributed by atoms with Crippen LogP contribution in [-0.2, 0) is 6.54 Å². The third kappa shape index (κ3) is 8.03. The van der Waals surface area contributed by atoms with Crippen LogP contribution in [-0.4, -0.2) is 50.7 Å². The minimum Gasteiger partial charge on any atom is -0.434 e. The zero-order valence-corrected chi connectivity index (χ0v) is 17.7. The summed E-state index contributed by atoms with van der Waals surface area (Å²) in [4.78, 5) is 6.63. The van der Waals surface area contributed by atoms with E-state index in [0.717, 1.165) is 32.1 Å². The molecular formula is C18H29F2IN4O. The summed E-state index contributed by atoms with van der Waals surface area (Å²) in [5.41, 5.74) is 0.663. The van der Waals surface area contributed by atoms with E-state index in [4.69, 9.17) is 0 Å². The Bertz CT molecular complexity index is 552. The first kappa shape index (κ1) is 22.9. The van der Waals surface area contributed by atoms with Crippen molar-refractivity contribution in [3.05, 3.63) is 29.8 Å². The molecule has 0 spiro atoms. The molecule has 0 unspecified atom stereocenters. The molecule has 26 heavy (non-hydrogen) atoms. The van der Waals surface area contributed by atoms with Crippen LogP contribution in [0.3, 0.4) is 0 Å². The Labute approximate surface area is 171 Å². The molecule has 1 aromatic rings. The summed E-state index contributed by atoms with van der Waals surface area (Å²) >= 11 is 0. The van der Waals surface area contributed by atoms with Crippen LogP contribution < -0.4 is 15.4 Å². The number of rotatable bonds is 7. The van der Waals surface area contributed by atoms with E-state index < -0.39 is 6.61 Å².